The Morgan fingerprint density at radius 3 is 2.00 bits per heavy atom. The van der Waals surface area contributed by atoms with Crippen LogP contribution < -0.4 is 0 Å². The summed E-state index contributed by atoms with van der Waals surface area (Å²) in [6, 6.07) is 0. The van der Waals surface area contributed by atoms with E-state index in [4.69, 9.17) is 0 Å². The van der Waals surface area contributed by atoms with Crippen LogP contribution in [-0.4, -0.2) is 11.5 Å². The lowest BCUT2D eigenvalue weighted by atomic mass is 9.82. The molecule has 0 unspecified atom stereocenters. The molecule has 1 aliphatic rings. The fourth-order valence-electron chi connectivity index (χ4n) is 1.78. The first-order chi connectivity index (χ1) is 6.26. The second-order valence-electron chi connectivity index (χ2n) is 4.52. The van der Waals surface area contributed by atoms with E-state index < -0.39 is 0 Å². The van der Waals surface area contributed by atoms with E-state index in [9.17, 15) is 0 Å². The molecule has 1 saturated carbocycles. The summed E-state index contributed by atoms with van der Waals surface area (Å²) in [5.74, 6) is 3.92. The van der Waals surface area contributed by atoms with Gasteiger partial charge in [0.1, 0.15) is 0 Å². The maximum absolute atomic E-state index is 2.35. The molecule has 78 valence electrons. The van der Waals surface area contributed by atoms with E-state index in [0.717, 1.165) is 5.92 Å². The lowest BCUT2D eigenvalue weighted by Crippen LogP contribution is -2.21. The largest absolute Gasteiger partial charge is 0.161 e. The summed E-state index contributed by atoms with van der Waals surface area (Å²) in [5.41, 5.74) is 0.652. The Kier molecular flexibility index (Phi) is 4.64. The molecule has 0 spiro atoms. The van der Waals surface area contributed by atoms with Crippen molar-refractivity contribution >= 4 is 11.8 Å². The minimum absolute atomic E-state index is 0.652. The Morgan fingerprint density at radius 1 is 1.08 bits per heavy atom. The molecule has 0 aromatic rings. The summed E-state index contributed by atoms with van der Waals surface area (Å²) in [4.78, 5) is 0. The van der Waals surface area contributed by atoms with Crippen molar-refractivity contribution < 1.29 is 0 Å². The highest BCUT2D eigenvalue weighted by molar-refractivity contribution is 7.99. The predicted octanol–water partition coefficient (Wildman–Crippen LogP) is 4.35. The van der Waals surface area contributed by atoms with Gasteiger partial charge in [0, 0.05) is 0 Å². The molecule has 1 fully saturated rings. The molecule has 0 aromatic heterocycles. The molecule has 0 N–H and O–H groups in total. The Morgan fingerprint density at radius 2 is 1.62 bits per heavy atom. The molecule has 0 heterocycles. The molecule has 0 nitrogen and oxygen atoms in total. The fourth-order valence-corrected chi connectivity index (χ4v) is 3.61. The van der Waals surface area contributed by atoms with Gasteiger partial charge in [-0.1, -0.05) is 20.8 Å². The minimum atomic E-state index is 0.652. The van der Waals surface area contributed by atoms with E-state index in [1.165, 1.54) is 43.6 Å². The standard InChI is InChI=1S/C12H24S/c1-4-12(5-2,6-3)10-13-9-11-7-8-11/h11H,4-10H2,1-3H3. The second kappa shape index (κ2) is 5.29. The average molecular weight is 200 g/mol. The van der Waals surface area contributed by atoms with Gasteiger partial charge < -0.3 is 0 Å². The maximum Gasteiger partial charge on any atom is -0.00110 e. The molecule has 0 aliphatic heterocycles. The summed E-state index contributed by atoms with van der Waals surface area (Å²) in [5, 5.41) is 0. The zero-order valence-electron chi connectivity index (χ0n) is 9.44. The van der Waals surface area contributed by atoms with Crippen LogP contribution in [0.15, 0.2) is 0 Å². The Balaban J connectivity index is 2.19. The number of thioether (sulfide) groups is 1. The summed E-state index contributed by atoms with van der Waals surface area (Å²) in [6.07, 6.45) is 7.09. The molecule has 1 heteroatoms. The Hall–Kier alpha value is 0.350. The number of hydrogen-bond acceptors (Lipinski definition) is 1. The van der Waals surface area contributed by atoms with Crippen LogP contribution in [0.3, 0.4) is 0 Å². The monoisotopic (exact) mass is 200 g/mol. The topological polar surface area (TPSA) is 0 Å². The van der Waals surface area contributed by atoms with Crippen molar-refractivity contribution in [3.05, 3.63) is 0 Å². The molecule has 1 rings (SSSR count). The Bertz CT molecular complexity index is 126. The highest BCUT2D eigenvalue weighted by Crippen LogP contribution is 2.38. The quantitative estimate of drug-likeness (QED) is 0.589. The van der Waals surface area contributed by atoms with Gasteiger partial charge >= 0.3 is 0 Å². The van der Waals surface area contributed by atoms with E-state index in [1.807, 2.05) is 0 Å². The molecule has 0 amide bonds. The smallest absolute Gasteiger partial charge is 0.00110 e. The first-order valence-electron chi connectivity index (χ1n) is 5.84. The van der Waals surface area contributed by atoms with E-state index >= 15 is 0 Å². The maximum atomic E-state index is 2.35. The molecule has 0 radical (unpaired) electrons. The van der Waals surface area contributed by atoms with Gasteiger partial charge in [-0.15, -0.1) is 0 Å². The van der Waals surface area contributed by atoms with Crippen LogP contribution in [0.4, 0.5) is 0 Å². The normalized spacial score (nSPS) is 17.8. The van der Waals surface area contributed by atoms with Crippen molar-refractivity contribution in [1.82, 2.24) is 0 Å². The van der Waals surface area contributed by atoms with Crippen LogP contribution in [0.5, 0.6) is 0 Å². The van der Waals surface area contributed by atoms with E-state index in [2.05, 4.69) is 32.5 Å². The highest BCUT2D eigenvalue weighted by atomic mass is 32.2. The minimum Gasteiger partial charge on any atom is -0.161 e. The molecule has 0 aromatic carbocycles. The predicted molar refractivity (Wildman–Crippen MR) is 63.4 cm³/mol. The van der Waals surface area contributed by atoms with Gasteiger partial charge in [0.05, 0.1) is 0 Å². The fraction of sp³-hybridized carbons (Fsp3) is 1.00. The third-order valence-corrected chi connectivity index (χ3v) is 5.23. The van der Waals surface area contributed by atoms with Crippen molar-refractivity contribution in [3.8, 4) is 0 Å². The van der Waals surface area contributed by atoms with Crippen LogP contribution in [0.25, 0.3) is 0 Å². The van der Waals surface area contributed by atoms with Crippen LogP contribution in [0.2, 0.25) is 0 Å². The van der Waals surface area contributed by atoms with Gasteiger partial charge in [0.25, 0.3) is 0 Å². The highest BCUT2D eigenvalue weighted by Gasteiger charge is 2.26. The number of hydrogen-bond donors (Lipinski definition) is 0. The van der Waals surface area contributed by atoms with Gasteiger partial charge in [-0.3, -0.25) is 0 Å². The SMILES string of the molecule is CCC(CC)(CC)CSCC1CC1. The van der Waals surface area contributed by atoms with E-state index in [1.54, 1.807) is 0 Å². The Labute approximate surface area is 87.9 Å². The first kappa shape index (κ1) is 11.4. The third kappa shape index (κ3) is 3.53. The number of rotatable bonds is 7. The zero-order valence-corrected chi connectivity index (χ0v) is 10.3. The van der Waals surface area contributed by atoms with Crippen molar-refractivity contribution in [2.45, 2.75) is 52.9 Å². The zero-order chi connectivity index (χ0) is 9.73. The molecule has 13 heavy (non-hydrogen) atoms. The summed E-state index contributed by atoms with van der Waals surface area (Å²) < 4.78 is 0. The van der Waals surface area contributed by atoms with Crippen molar-refractivity contribution in [1.29, 1.82) is 0 Å². The van der Waals surface area contributed by atoms with Crippen LogP contribution >= 0.6 is 11.8 Å². The molecular formula is C12H24S. The first-order valence-corrected chi connectivity index (χ1v) is 6.99. The van der Waals surface area contributed by atoms with Gasteiger partial charge in [0.15, 0.2) is 0 Å². The van der Waals surface area contributed by atoms with Crippen LogP contribution in [-0.2, 0) is 0 Å². The van der Waals surface area contributed by atoms with Crippen molar-refractivity contribution in [2.75, 3.05) is 11.5 Å². The molecule has 0 saturated heterocycles. The van der Waals surface area contributed by atoms with Gasteiger partial charge in [-0.05, 0) is 54.9 Å². The molecular weight excluding hydrogens is 176 g/mol. The third-order valence-electron chi connectivity index (χ3n) is 3.71. The second-order valence-corrected chi connectivity index (χ2v) is 5.55. The van der Waals surface area contributed by atoms with Gasteiger partial charge in [-0.25, -0.2) is 0 Å². The van der Waals surface area contributed by atoms with Crippen molar-refractivity contribution in [3.63, 3.8) is 0 Å². The van der Waals surface area contributed by atoms with Gasteiger partial charge in [0.2, 0.25) is 0 Å². The lowest BCUT2D eigenvalue weighted by Gasteiger charge is -2.30. The summed E-state index contributed by atoms with van der Waals surface area (Å²) in [6.45, 7) is 7.06. The lowest BCUT2D eigenvalue weighted by molar-refractivity contribution is 0.294. The summed E-state index contributed by atoms with van der Waals surface area (Å²) >= 11 is 2.20. The van der Waals surface area contributed by atoms with E-state index in [-0.39, 0.29) is 0 Å². The van der Waals surface area contributed by atoms with Crippen LogP contribution in [0, 0.1) is 11.3 Å². The molecule has 1 aliphatic carbocycles. The molecule has 0 bridgehead atoms. The average Bonchev–Trinajstić information content (AvgIpc) is 2.97. The molecule has 0 atom stereocenters. The van der Waals surface area contributed by atoms with Gasteiger partial charge in [-0.2, -0.15) is 11.8 Å². The van der Waals surface area contributed by atoms with Crippen LogP contribution in [0.1, 0.15) is 52.9 Å². The van der Waals surface area contributed by atoms with Crippen molar-refractivity contribution in [2.24, 2.45) is 11.3 Å². The van der Waals surface area contributed by atoms with E-state index in [0.29, 0.717) is 5.41 Å². The summed E-state index contributed by atoms with van der Waals surface area (Å²) in [7, 11) is 0.